The molecular formula is C21H18Cl2N2O2. The molecule has 0 fully saturated rings. The first-order valence-corrected chi connectivity index (χ1v) is 9.14. The van der Waals surface area contributed by atoms with E-state index in [9.17, 15) is 9.59 Å². The number of carbonyl (C=O) groups is 2. The lowest BCUT2D eigenvalue weighted by atomic mass is 10.1. The van der Waals surface area contributed by atoms with E-state index in [1.54, 1.807) is 53.2 Å². The molecule has 3 rings (SSSR count). The fourth-order valence-corrected chi connectivity index (χ4v) is 3.25. The quantitative estimate of drug-likeness (QED) is 0.560. The molecule has 6 heteroatoms. The Bertz CT molecular complexity index is 974. The maximum absolute atomic E-state index is 13.2. The van der Waals surface area contributed by atoms with Crippen LogP contribution >= 0.6 is 23.2 Å². The molecule has 1 amide bonds. The number of halogens is 2. The van der Waals surface area contributed by atoms with E-state index in [1.807, 2.05) is 26.0 Å². The van der Waals surface area contributed by atoms with E-state index in [1.165, 1.54) is 5.01 Å². The zero-order valence-corrected chi connectivity index (χ0v) is 16.5. The van der Waals surface area contributed by atoms with Gasteiger partial charge in [-0.25, -0.2) is 5.01 Å². The third-order valence-electron chi connectivity index (χ3n) is 4.27. The summed E-state index contributed by atoms with van der Waals surface area (Å²) in [4.78, 5) is 26.1. The van der Waals surface area contributed by atoms with Crippen LogP contribution in [0.5, 0.6) is 0 Å². The van der Waals surface area contributed by atoms with Gasteiger partial charge in [-0.3, -0.25) is 14.3 Å². The number of nitrogens with zero attached hydrogens (tertiary/aromatic N) is 2. The van der Waals surface area contributed by atoms with Gasteiger partial charge in [0.25, 0.3) is 5.91 Å². The van der Waals surface area contributed by atoms with Crippen LogP contribution in [0.1, 0.15) is 32.1 Å². The van der Waals surface area contributed by atoms with Crippen LogP contribution < -0.4 is 5.01 Å². The minimum atomic E-state index is -0.342. The molecule has 27 heavy (non-hydrogen) atoms. The second-order valence-corrected chi connectivity index (χ2v) is 7.04. The maximum Gasteiger partial charge on any atom is 0.274 e. The Kier molecular flexibility index (Phi) is 5.68. The summed E-state index contributed by atoms with van der Waals surface area (Å²) in [6.07, 6.45) is 0. The van der Waals surface area contributed by atoms with Gasteiger partial charge in [0.05, 0.1) is 10.6 Å². The largest absolute Gasteiger partial charge is 0.292 e. The number of amides is 1. The standard InChI is InChI=1S/C21H18Cl2N2O2/c1-14-7-8-15(2)25(14)24(21(27)18-5-3-4-6-19(18)23)13-20(26)16-9-11-17(22)12-10-16/h3-12H,13H2,1-2H3. The Morgan fingerprint density at radius 1 is 0.889 bits per heavy atom. The summed E-state index contributed by atoms with van der Waals surface area (Å²) in [5.41, 5.74) is 2.52. The second kappa shape index (κ2) is 7.99. The normalized spacial score (nSPS) is 10.7. The third-order valence-corrected chi connectivity index (χ3v) is 4.86. The van der Waals surface area contributed by atoms with Crippen LogP contribution in [0.25, 0.3) is 0 Å². The van der Waals surface area contributed by atoms with E-state index < -0.39 is 0 Å². The molecule has 0 radical (unpaired) electrons. The summed E-state index contributed by atoms with van der Waals surface area (Å²) in [5, 5.41) is 2.31. The molecule has 3 aromatic rings. The van der Waals surface area contributed by atoms with Crippen LogP contribution in [0.4, 0.5) is 0 Å². The molecule has 0 bridgehead atoms. The lowest BCUT2D eigenvalue weighted by Gasteiger charge is -2.27. The van der Waals surface area contributed by atoms with Crippen molar-refractivity contribution in [2.24, 2.45) is 0 Å². The molecule has 138 valence electrons. The van der Waals surface area contributed by atoms with Crippen LogP contribution in [0.2, 0.25) is 10.0 Å². The van der Waals surface area contributed by atoms with Gasteiger partial charge in [0.1, 0.15) is 6.54 Å². The predicted molar refractivity (Wildman–Crippen MR) is 109 cm³/mol. The van der Waals surface area contributed by atoms with Crippen LogP contribution in [-0.2, 0) is 0 Å². The lowest BCUT2D eigenvalue weighted by molar-refractivity contribution is 0.0908. The number of carbonyl (C=O) groups excluding carboxylic acids is 2. The van der Waals surface area contributed by atoms with Crippen molar-refractivity contribution in [3.8, 4) is 0 Å². The molecule has 0 aliphatic carbocycles. The van der Waals surface area contributed by atoms with Crippen molar-refractivity contribution >= 4 is 34.9 Å². The molecule has 0 aliphatic rings. The smallest absolute Gasteiger partial charge is 0.274 e. The van der Waals surface area contributed by atoms with Crippen LogP contribution in [-0.4, -0.2) is 22.9 Å². The van der Waals surface area contributed by atoms with Crippen molar-refractivity contribution in [3.05, 3.63) is 93.2 Å². The Hall–Kier alpha value is -2.56. The molecule has 0 saturated heterocycles. The van der Waals surface area contributed by atoms with E-state index >= 15 is 0 Å². The molecule has 0 N–H and O–H groups in total. The van der Waals surface area contributed by atoms with E-state index in [2.05, 4.69) is 0 Å². The highest BCUT2D eigenvalue weighted by Gasteiger charge is 2.24. The Balaban J connectivity index is 2.00. The predicted octanol–water partition coefficient (Wildman–Crippen LogP) is 5.07. The van der Waals surface area contributed by atoms with Crippen molar-refractivity contribution in [1.29, 1.82) is 0 Å². The number of hydrogen-bond acceptors (Lipinski definition) is 2. The molecule has 4 nitrogen and oxygen atoms in total. The summed E-state index contributed by atoms with van der Waals surface area (Å²) in [6.45, 7) is 3.64. The minimum Gasteiger partial charge on any atom is -0.292 e. The number of benzene rings is 2. The number of ketones is 1. The number of Topliss-reactive ketones (excluding diaryl/α,β-unsaturated/α-hetero) is 1. The summed E-state index contributed by atoms with van der Waals surface area (Å²) < 4.78 is 1.74. The highest BCUT2D eigenvalue weighted by atomic mass is 35.5. The molecule has 0 spiro atoms. The van der Waals surface area contributed by atoms with Gasteiger partial charge in [-0.05, 0) is 62.4 Å². The average Bonchev–Trinajstić information content (AvgIpc) is 2.98. The van der Waals surface area contributed by atoms with Crippen molar-refractivity contribution in [2.45, 2.75) is 13.8 Å². The molecule has 0 unspecified atom stereocenters. The van der Waals surface area contributed by atoms with Gasteiger partial charge in [-0.15, -0.1) is 0 Å². The van der Waals surface area contributed by atoms with Gasteiger partial charge in [0.15, 0.2) is 5.78 Å². The second-order valence-electron chi connectivity index (χ2n) is 6.20. The lowest BCUT2D eigenvalue weighted by Crippen LogP contribution is -2.45. The molecular weight excluding hydrogens is 383 g/mol. The first-order chi connectivity index (χ1) is 12.9. The Morgan fingerprint density at radius 2 is 1.48 bits per heavy atom. The van der Waals surface area contributed by atoms with Crippen LogP contribution in [0.15, 0.2) is 60.7 Å². The molecule has 2 aromatic carbocycles. The number of rotatable bonds is 5. The van der Waals surface area contributed by atoms with Crippen molar-refractivity contribution in [1.82, 2.24) is 4.68 Å². The number of hydrogen-bond donors (Lipinski definition) is 0. The molecule has 1 heterocycles. The van der Waals surface area contributed by atoms with E-state index in [4.69, 9.17) is 23.2 Å². The van der Waals surface area contributed by atoms with Crippen LogP contribution in [0.3, 0.4) is 0 Å². The van der Waals surface area contributed by atoms with Gasteiger partial charge >= 0.3 is 0 Å². The third kappa shape index (κ3) is 4.07. The van der Waals surface area contributed by atoms with Crippen molar-refractivity contribution in [2.75, 3.05) is 11.6 Å². The fourth-order valence-electron chi connectivity index (χ4n) is 2.91. The van der Waals surface area contributed by atoms with Crippen molar-refractivity contribution < 1.29 is 9.59 Å². The van der Waals surface area contributed by atoms with Gasteiger partial charge in [0, 0.05) is 22.0 Å². The van der Waals surface area contributed by atoms with E-state index in [0.717, 1.165) is 11.4 Å². The summed E-state index contributed by atoms with van der Waals surface area (Å²) in [5.74, 6) is -0.537. The van der Waals surface area contributed by atoms with Gasteiger partial charge < -0.3 is 0 Å². The zero-order valence-electron chi connectivity index (χ0n) is 14.9. The summed E-state index contributed by atoms with van der Waals surface area (Å²) in [6, 6.07) is 17.2. The molecule has 0 saturated carbocycles. The van der Waals surface area contributed by atoms with Gasteiger partial charge in [-0.1, -0.05) is 35.3 Å². The van der Waals surface area contributed by atoms with Crippen LogP contribution in [0, 0.1) is 13.8 Å². The first-order valence-electron chi connectivity index (χ1n) is 8.39. The van der Waals surface area contributed by atoms with Crippen molar-refractivity contribution in [3.63, 3.8) is 0 Å². The fraction of sp³-hybridized carbons (Fsp3) is 0.143. The molecule has 1 aromatic heterocycles. The SMILES string of the molecule is Cc1ccc(C)n1N(CC(=O)c1ccc(Cl)cc1)C(=O)c1ccccc1Cl. The minimum absolute atomic E-state index is 0.123. The molecule has 0 aliphatic heterocycles. The van der Waals surface area contributed by atoms with Gasteiger partial charge in [-0.2, -0.15) is 0 Å². The Morgan fingerprint density at radius 3 is 2.07 bits per heavy atom. The highest BCUT2D eigenvalue weighted by molar-refractivity contribution is 6.34. The summed E-state index contributed by atoms with van der Waals surface area (Å²) in [7, 11) is 0. The monoisotopic (exact) mass is 400 g/mol. The Labute approximate surface area is 167 Å². The average molecular weight is 401 g/mol. The number of aryl methyl sites for hydroxylation is 2. The summed E-state index contributed by atoms with van der Waals surface area (Å²) >= 11 is 12.1. The maximum atomic E-state index is 13.2. The highest BCUT2D eigenvalue weighted by Crippen LogP contribution is 2.19. The van der Waals surface area contributed by atoms with E-state index in [-0.39, 0.29) is 18.2 Å². The number of aromatic nitrogens is 1. The molecule has 0 atom stereocenters. The van der Waals surface area contributed by atoms with Gasteiger partial charge in [0.2, 0.25) is 0 Å². The topological polar surface area (TPSA) is 42.3 Å². The zero-order chi connectivity index (χ0) is 19.6. The van der Waals surface area contributed by atoms with E-state index in [0.29, 0.717) is 21.2 Å². The first kappa shape index (κ1) is 19.2.